The Balaban J connectivity index is 2.05. The number of ether oxygens (including phenoxy) is 1. The molecule has 2 nitrogen and oxygen atoms in total. The number of carbonyl (C=O) groups is 1. The molecule has 0 spiro atoms. The van der Waals surface area contributed by atoms with Crippen LogP contribution >= 0.6 is 12.6 Å². The van der Waals surface area contributed by atoms with Gasteiger partial charge >= 0.3 is 5.97 Å². The molecule has 0 N–H and O–H groups in total. The Morgan fingerprint density at radius 2 is 2.00 bits per heavy atom. The van der Waals surface area contributed by atoms with Gasteiger partial charge in [0.2, 0.25) is 0 Å². The number of benzene rings is 1. The minimum atomic E-state index is -0.578. The Kier molecular flexibility index (Phi) is 4.05. The van der Waals surface area contributed by atoms with Gasteiger partial charge in [-0.15, -0.1) is 12.6 Å². The second kappa shape index (κ2) is 5.54. The summed E-state index contributed by atoms with van der Waals surface area (Å²) >= 11 is 4.09. The Labute approximate surface area is 106 Å². The molecule has 0 amide bonds. The summed E-state index contributed by atoms with van der Waals surface area (Å²) in [7, 11) is 0. The number of halogens is 1. The van der Waals surface area contributed by atoms with E-state index in [2.05, 4.69) is 12.6 Å². The molecule has 0 bridgehead atoms. The summed E-state index contributed by atoms with van der Waals surface area (Å²) < 4.78 is 18.7. The molecule has 1 saturated carbocycles. The van der Waals surface area contributed by atoms with Crippen LogP contribution in [0.15, 0.2) is 23.1 Å². The van der Waals surface area contributed by atoms with Crippen molar-refractivity contribution in [2.24, 2.45) is 0 Å². The van der Waals surface area contributed by atoms with Gasteiger partial charge in [-0.25, -0.2) is 9.18 Å². The third-order valence-corrected chi connectivity index (χ3v) is 3.27. The molecule has 0 aliphatic heterocycles. The summed E-state index contributed by atoms with van der Waals surface area (Å²) in [5.41, 5.74) is -0.0249. The van der Waals surface area contributed by atoms with Crippen LogP contribution in [0.1, 0.15) is 42.5 Å². The summed E-state index contributed by atoms with van der Waals surface area (Å²) in [5.74, 6) is -1.13. The van der Waals surface area contributed by atoms with Crippen LogP contribution in [0.4, 0.5) is 4.39 Å². The Morgan fingerprint density at radius 3 is 2.71 bits per heavy atom. The third-order valence-electron chi connectivity index (χ3n) is 3.00. The lowest BCUT2D eigenvalue weighted by Gasteiger charge is -2.21. The molecule has 17 heavy (non-hydrogen) atoms. The van der Waals surface area contributed by atoms with Crippen molar-refractivity contribution in [2.75, 3.05) is 0 Å². The Hall–Kier alpha value is -1.03. The third kappa shape index (κ3) is 3.22. The molecule has 4 heteroatoms. The minimum absolute atomic E-state index is 0.0249. The standard InChI is InChI=1S/C13H15FO2S/c14-12-7-6-10(17)8-11(12)13(15)16-9-4-2-1-3-5-9/h6-9,17H,1-5H2. The maximum Gasteiger partial charge on any atom is 0.341 e. The molecule has 1 aliphatic rings. The van der Waals surface area contributed by atoms with E-state index >= 15 is 0 Å². The molecule has 0 heterocycles. The molecule has 0 radical (unpaired) electrons. The van der Waals surface area contributed by atoms with Crippen molar-refractivity contribution in [3.63, 3.8) is 0 Å². The molecular formula is C13H15FO2S. The van der Waals surface area contributed by atoms with E-state index in [9.17, 15) is 9.18 Å². The summed E-state index contributed by atoms with van der Waals surface area (Å²) in [5, 5.41) is 0. The van der Waals surface area contributed by atoms with Crippen molar-refractivity contribution in [3.05, 3.63) is 29.6 Å². The van der Waals surface area contributed by atoms with Crippen LogP contribution in [0.3, 0.4) is 0 Å². The van der Waals surface area contributed by atoms with Gasteiger partial charge in [0, 0.05) is 4.90 Å². The molecule has 0 atom stereocenters. The summed E-state index contributed by atoms with van der Waals surface area (Å²) in [6.45, 7) is 0. The first-order valence-corrected chi connectivity index (χ1v) is 6.31. The van der Waals surface area contributed by atoms with E-state index < -0.39 is 11.8 Å². The first-order chi connectivity index (χ1) is 8.16. The van der Waals surface area contributed by atoms with Crippen molar-refractivity contribution in [3.8, 4) is 0 Å². The van der Waals surface area contributed by atoms with Crippen molar-refractivity contribution in [1.82, 2.24) is 0 Å². The highest BCUT2D eigenvalue weighted by molar-refractivity contribution is 7.80. The maximum absolute atomic E-state index is 13.4. The number of hydrogen-bond acceptors (Lipinski definition) is 3. The van der Waals surface area contributed by atoms with Gasteiger partial charge in [-0.1, -0.05) is 6.42 Å². The molecule has 1 aromatic rings. The highest BCUT2D eigenvalue weighted by Gasteiger charge is 2.20. The van der Waals surface area contributed by atoms with Gasteiger partial charge in [-0.2, -0.15) is 0 Å². The lowest BCUT2D eigenvalue weighted by molar-refractivity contribution is 0.0206. The molecule has 0 unspecified atom stereocenters. The molecule has 92 valence electrons. The highest BCUT2D eigenvalue weighted by Crippen LogP contribution is 2.22. The quantitative estimate of drug-likeness (QED) is 0.644. The minimum Gasteiger partial charge on any atom is -0.459 e. The monoisotopic (exact) mass is 254 g/mol. The summed E-state index contributed by atoms with van der Waals surface area (Å²) in [6, 6.07) is 4.15. The number of rotatable bonds is 2. The molecule has 1 aromatic carbocycles. The SMILES string of the molecule is O=C(OC1CCCCC1)c1cc(S)ccc1F. The van der Waals surface area contributed by atoms with Gasteiger partial charge in [-0.05, 0) is 43.9 Å². The van der Waals surface area contributed by atoms with E-state index in [1.165, 1.54) is 24.6 Å². The zero-order valence-corrected chi connectivity index (χ0v) is 10.4. The smallest absolute Gasteiger partial charge is 0.341 e. The first-order valence-electron chi connectivity index (χ1n) is 5.86. The van der Waals surface area contributed by atoms with E-state index in [0.29, 0.717) is 4.90 Å². The van der Waals surface area contributed by atoms with Crippen LogP contribution in [0.25, 0.3) is 0 Å². The fourth-order valence-electron chi connectivity index (χ4n) is 2.07. The second-order valence-corrected chi connectivity index (χ2v) is 4.85. The number of esters is 1. The summed E-state index contributed by atoms with van der Waals surface area (Å²) in [6.07, 6.45) is 5.05. The molecular weight excluding hydrogens is 239 g/mol. The van der Waals surface area contributed by atoms with Gasteiger partial charge in [0.25, 0.3) is 0 Å². The van der Waals surface area contributed by atoms with Crippen LogP contribution in [0.2, 0.25) is 0 Å². The normalized spacial score (nSPS) is 16.8. The average Bonchev–Trinajstić information content (AvgIpc) is 2.33. The lowest BCUT2D eigenvalue weighted by atomic mass is 9.98. The van der Waals surface area contributed by atoms with Gasteiger partial charge in [0.05, 0.1) is 5.56 Å². The predicted octanol–water partition coefficient (Wildman–Crippen LogP) is 3.60. The number of carbonyl (C=O) groups excluding carboxylic acids is 1. The van der Waals surface area contributed by atoms with Gasteiger partial charge in [0.1, 0.15) is 11.9 Å². The van der Waals surface area contributed by atoms with Crippen molar-refractivity contribution in [2.45, 2.75) is 43.1 Å². The van der Waals surface area contributed by atoms with Crippen LogP contribution in [-0.4, -0.2) is 12.1 Å². The largest absolute Gasteiger partial charge is 0.459 e. The zero-order chi connectivity index (χ0) is 12.3. The van der Waals surface area contributed by atoms with E-state index in [1.807, 2.05) is 0 Å². The fraction of sp³-hybridized carbons (Fsp3) is 0.462. The zero-order valence-electron chi connectivity index (χ0n) is 9.49. The lowest BCUT2D eigenvalue weighted by Crippen LogP contribution is -2.21. The van der Waals surface area contributed by atoms with Crippen LogP contribution in [-0.2, 0) is 4.74 Å². The van der Waals surface area contributed by atoms with Gasteiger partial charge in [-0.3, -0.25) is 0 Å². The van der Waals surface area contributed by atoms with Crippen molar-refractivity contribution < 1.29 is 13.9 Å². The highest BCUT2D eigenvalue weighted by atomic mass is 32.1. The van der Waals surface area contributed by atoms with Crippen LogP contribution in [0.5, 0.6) is 0 Å². The van der Waals surface area contributed by atoms with Crippen molar-refractivity contribution in [1.29, 1.82) is 0 Å². The van der Waals surface area contributed by atoms with E-state index in [0.717, 1.165) is 25.7 Å². The Morgan fingerprint density at radius 1 is 1.29 bits per heavy atom. The van der Waals surface area contributed by atoms with Gasteiger partial charge < -0.3 is 4.74 Å². The van der Waals surface area contributed by atoms with Gasteiger partial charge in [0.15, 0.2) is 0 Å². The van der Waals surface area contributed by atoms with E-state index in [4.69, 9.17) is 4.74 Å². The second-order valence-electron chi connectivity index (χ2n) is 4.33. The first kappa shape index (κ1) is 12.4. The molecule has 1 fully saturated rings. The number of hydrogen-bond donors (Lipinski definition) is 1. The predicted molar refractivity (Wildman–Crippen MR) is 65.9 cm³/mol. The van der Waals surface area contributed by atoms with Crippen molar-refractivity contribution >= 4 is 18.6 Å². The van der Waals surface area contributed by atoms with Crippen LogP contribution in [0, 0.1) is 5.82 Å². The average molecular weight is 254 g/mol. The van der Waals surface area contributed by atoms with E-state index in [1.54, 1.807) is 0 Å². The molecule has 1 aliphatic carbocycles. The fourth-order valence-corrected chi connectivity index (χ4v) is 2.27. The number of thiol groups is 1. The Bertz CT molecular complexity index is 414. The molecule has 0 aromatic heterocycles. The maximum atomic E-state index is 13.4. The summed E-state index contributed by atoms with van der Waals surface area (Å²) in [4.78, 5) is 12.3. The molecule has 0 saturated heterocycles. The molecule has 2 rings (SSSR count). The van der Waals surface area contributed by atoms with E-state index in [-0.39, 0.29) is 11.7 Å². The topological polar surface area (TPSA) is 26.3 Å². The van der Waals surface area contributed by atoms with Crippen LogP contribution < -0.4 is 0 Å².